The Morgan fingerprint density at radius 3 is 2.81 bits per heavy atom. The van der Waals surface area contributed by atoms with Crippen molar-refractivity contribution in [3.8, 4) is 0 Å². The Bertz CT molecular complexity index is 564. The van der Waals surface area contributed by atoms with Crippen molar-refractivity contribution in [1.29, 1.82) is 0 Å². The minimum Gasteiger partial charge on any atom is -0.469 e. The molecule has 1 aliphatic heterocycles. The van der Waals surface area contributed by atoms with Crippen LogP contribution in [0.15, 0.2) is 18.2 Å². The topological polar surface area (TPSA) is 72.7 Å². The van der Waals surface area contributed by atoms with E-state index in [0.29, 0.717) is 25.2 Å². The molecule has 7 heteroatoms. The van der Waals surface area contributed by atoms with Crippen molar-refractivity contribution in [2.45, 2.75) is 13.5 Å². The first kappa shape index (κ1) is 15.4. The normalized spacial score (nSPS) is 22.2. The molecular formula is C14H17FN2O4. The highest BCUT2D eigenvalue weighted by molar-refractivity contribution is 5.73. The van der Waals surface area contributed by atoms with Gasteiger partial charge in [-0.1, -0.05) is 13.0 Å². The molecule has 2 unspecified atom stereocenters. The molecule has 0 spiro atoms. The van der Waals surface area contributed by atoms with Crippen LogP contribution >= 0.6 is 0 Å². The number of nitro groups is 1. The molecule has 21 heavy (non-hydrogen) atoms. The lowest BCUT2D eigenvalue weighted by Crippen LogP contribution is -2.24. The van der Waals surface area contributed by atoms with E-state index in [0.717, 1.165) is 0 Å². The number of halogens is 1. The van der Waals surface area contributed by atoms with Crippen molar-refractivity contribution >= 4 is 11.7 Å². The highest BCUT2D eigenvalue weighted by Crippen LogP contribution is 2.26. The average molecular weight is 296 g/mol. The van der Waals surface area contributed by atoms with E-state index in [1.165, 1.54) is 25.3 Å². The molecule has 0 amide bonds. The Hall–Kier alpha value is -2.02. The summed E-state index contributed by atoms with van der Waals surface area (Å²) in [5.74, 6) is -1.09. The van der Waals surface area contributed by atoms with Crippen molar-refractivity contribution in [2.24, 2.45) is 11.8 Å². The van der Waals surface area contributed by atoms with Gasteiger partial charge < -0.3 is 4.74 Å². The summed E-state index contributed by atoms with van der Waals surface area (Å²) in [4.78, 5) is 23.5. The van der Waals surface area contributed by atoms with Crippen LogP contribution in [-0.4, -0.2) is 36.0 Å². The third-order valence-electron chi connectivity index (χ3n) is 3.81. The molecule has 1 saturated heterocycles. The van der Waals surface area contributed by atoms with Crippen molar-refractivity contribution in [2.75, 3.05) is 20.2 Å². The molecule has 0 aliphatic carbocycles. The summed E-state index contributed by atoms with van der Waals surface area (Å²) in [5.41, 5.74) is 0.122. The molecule has 114 valence electrons. The fraction of sp³-hybridized carbons (Fsp3) is 0.500. The summed E-state index contributed by atoms with van der Waals surface area (Å²) in [6.45, 7) is 3.68. The second kappa shape index (κ2) is 6.17. The number of carbonyl (C=O) groups excluding carboxylic acids is 1. The van der Waals surface area contributed by atoms with Crippen LogP contribution in [0.2, 0.25) is 0 Å². The van der Waals surface area contributed by atoms with Gasteiger partial charge >= 0.3 is 11.7 Å². The number of carbonyl (C=O) groups is 1. The first-order valence-corrected chi connectivity index (χ1v) is 6.65. The average Bonchev–Trinajstić information content (AvgIpc) is 2.78. The minimum atomic E-state index is -0.839. The molecule has 1 fully saturated rings. The van der Waals surface area contributed by atoms with Gasteiger partial charge in [0.15, 0.2) is 0 Å². The standard InChI is InChI=1S/C14H17FN2O4/c1-9-6-16(8-11(9)14(18)21-2)7-10-3-4-13(17(19)20)12(15)5-10/h3-5,9,11H,6-8H2,1-2H3. The van der Waals surface area contributed by atoms with Crippen LogP contribution in [0.25, 0.3) is 0 Å². The molecule has 2 atom stereocenters. The summed E-state index contributed by atoms with van der Waals surface area (Å²) in [7, 11) is 1.36. The Morgan fingerprint density at radius 1 is 1.52 bits per heavy atom. The summed E-state index contributed by atoms with van der Waals surface area (Å²) in [6.07, 6.45) is 0. The molecule has 1 aromatic rings. The number of methoxy groups -OCH3 is 1. The van der Waals surface area contributed by atoms with Crippen molar-refractivity contribution < 1.29 is 18.8 Å². The van der Waals surface area contributed by atoms with Crippen LogP contribution < -0.4 is 0 Å². The molecule has 1 aromatic carbocycles. The summed E-state index contributed by atoms with van der Waals surface area (Å²) in [6, 6.07) is 3.88. The van der Waals surface area contributed by atoms with Gasteiger partial charge in [-0.15, -0.1) is 0 Å². The maximum Gasteiger partial charge on any atom is 0.310 e. The lowest BCUT2D eigenvalue weighted by molar-refractivity contribution is -0.387. The molecule has 2 rings (SSSR count). The fourth-order valence-corrected chi connectivity index (χ4v) is 2.71. The molecule has 1 aliphatic rings. The number of ether oxygens (including phenoxy) is 1. The SMILES string of the molecule is COC(=O)C1CN(Cc2ccc([N+](=O)[O-])c(F)c2)CC1C. The van der Waals surface area contributed by atoms with E-state index >= 15 is 0 Å². The molecule has 6 nitrogen and oxygen atoms in total. The third-order valence-corrected chi connectivity index (χ3v) is 3.81. The zero-order valence-corrected chi connectivity index (χ0v) is 11.9. The molecule has 0 saturated carbocycles. The molecular weight excluding hydrogens is 279 g/mol. The second-order valence-corrected chi connectivity index (χ2v) is 5.34. The van der Waals surface area contributed by atoms with E-state index in [2.05, 4.69) is 0 Å². The monoisotopic (exact) mass is 296 g/mol. The van der Waals surface area contributed by atoms with E-state index in [4.69, 9.17) is 4.74 Å². The fourth-order valence-electron chi connectivity index (χ4n) is 2.71. The number of nitro benzene ring substituents is 1. The van der Waals surface area contributed by atoms with Crippen molar-refractivity contribution in [3.63, 3.8) is 0 Å². The Labute approximate surface area is 121 Å². The largest absolute Gasteiger partial charge is 0.469 e. The van der Waals surface area contributed by atoms with Gasteiger partial charge in [-0.3, -0.25) is 19.8 Å². The van der Waals surface area contributed by atoms with Gasteiger partial charge in [0.05, 0.1) is 18.0 Å². The third kappa shape index (κ3) is 3.36. The number of rotatable bonds is 4. The summed E-state index contributed by atoms with van der Waals surface area (Å²) < 4.78 is 18.3. The Balaban J connectivity index is 2.05. The van der Waals surface area contributed by atoms with E-state index in [1.807, 2.05) is 11.8 Å². The number of benzene rings is 1. The molecule has 0 radical (unpaired) electrons. The summed E-state index contributed by atoms with van der Waals surface area (Å²) >= 11 is 0. The van der Waals surface area contributed by atoms with Crippen molar-refractivity contribution in [3.05, 3.63) is 39.7 Å². The van der Waals surface area contributed by atoms with Gasteiger partial charge in [-0.2, -0.15) is 4.39 Å². The minimum absolute atomic E-state index is 0.167. The van der Waals surface area contributed by atoms with Gasteiger partial charge in [-0.05, 0) is 17.5 Å². The van der Waals surface area contributed by atoms with E-state index in [9.17, 15) is 19.3 Å². The number of likely N-dealkylation sites (tertiary alicyclic amines) is 1. The van der Waals surface area contributed by atoms with Gasteiger partial charge in [0.25, 0.3) is 0 Å². The van der Waals surface area contributed by atoms with E-state index < -0.39 is 16.4 Å². The van der Waals surface area contributed by atoms with Crippen LogP contribution in [0.4, 0.5) is 10.1 Å². The number of hydrogen-bond donors (Lipinski definition) is 0. The molecule has 1 heterocycles. The number of hydrogen-bond acceptors (Lipinski definition) is 5. The lowest BCUT2D eigenvalue weighted by Gasteiger charge is -2.15. The summed E-state index contributed by atoms with van der Waals surface area (Å²) in [5, 5.41) is 10.6. The maximum absolute atomic E-state index is 13.6. The first-order chi connectivity index (χ1) is 9.92. The lowest BCUT2D eigenvalue weighted by atomic mass is 9.99. The zero-order valence-electron chi connectivity index (χ0n) is 11.9. The molecule has 0 aromatic heterocycles. The molecule has 0 N–H and O–H groups in total. The maximum atomic E-state index is 13.6. The number of nitrogens with zero attached hydrogens (tertiary/aromatic N) is 2. The van der Waals surface area contributed by atoms with Gasteiger partial charge in [0, 0.05) is 25.7 Å². The van der Waals surface area contributed by atoms with Crippen LogP contribution in [0.5, 0.6) is 0 Å². The van der Waals surface area contributed by atoms with Crippen LogP contribution in [-0.2, 0) is 16.1 Å². The Morgan fingerprint density at radius 2 is 2.24 bits per heavy atom. The number of esters is 1. The predicted molar refractivity (Wildman–Crippen MR) is 73.0 cm³/mol. The van der Waals surface area contributed by atoms with E-state index in [-0.39, 0.29) is 17.8 Å². The van der Waals surface area contributed by atoms with Gasteiger partial charge in [0.1, 0.15) is 0 Å². The van der Waals surface area contributed by atoms with E-state index in [1.54, 1.807) is 0 Å². The first-order valence-electron chi connectivity index (χ1n) is 6.65. The van der Waals surface area contributed by atoms with Gasteiger partial charge in [-0.25, -0.2) is 0 Å². The Kier molecular flexibility index (Phi) is 4.52. The quantitative estimate of drug-likeness (QED) is 0.482. The van der Waals surface area contributed by atoms with Crippen LogP contribution in [0.3, 0.4) is 0 Å². The van der Waals surface area contributed by atoms with Crippen LogP contribution in [0.1, 0.15) is 12.5 Å². The van der Waals surface area contributed by atoms with Gasteiger partial charge in [0.2, 0.25) is 5.82 Å². The highest BCUT2D eigenvalue weighted by atomic mass is 19.1. The smallest absolute Gasteiger partial charge is 0.310 e. The van der Waals surface area contributed by atoms with Crippen molar-refractivity contribution in [1.82, 2.24) is 4.90 Å². The second-order valence-electron chi connectivity index (χ2n) is 5.34. The predicted octanol–water partition coefficient (Wildman–Crippen LogP) is 1.97. The zero-order chi connectivity index (χ0) is 15.6. The molecule has 0 bridgehead atoms. The van der Waals surface area contributed by atoms with Crippen LogP contribution in [0, 0.1) is 27.8 Å². The highest BCUT2D eigenvalue weighted by Gasteiger charge is 2.35.